The molecule has 1 atom stereocenters. The number of carbonyl (C=O) groups excluding carboxylic acids is 2. The fourth-order valence-electron chi connectivity index (χ4n) is 4.35. The van der Waals surface area contributed by atoms with Gasteiger partial charge in [-0.15, -0.1) is 0 Å². The fourth-order valence-corrected chi connectivity index (χ4v) is 4.35. The van der Waals surface area contributed by atoms with Crippen molar-refractivity contribution in [1.29, 1.82) is 0 Å². The molecule has 32 heavy (non-hydrogen) atoms. The van der Waals surface area contributed by atoms with Crippen LogP contribution < -0.4 is 19.7 Å². The highest BCUT2D eigenvalue weighted by Gasteiger charge is 2.33. The number of hydrogen-bond acceptors (Lipinski definition) is 4. The zero-order chi connectivity index (χ0) is 22.7. The quantitative estimate of drug-likeness (QED) is 0.791. The van der Waals surface area contributed by atoms with Gasteiger partial charge in [-0.3, -0.25) is 9.69 Å². The highest BCUT2D eigenvalue weighted by molar-refractivity contribution is 5.94. The molecule has 0 radical (unpaired) electrons. The number of anilines is 1. The Labute approximate surface area is 189 Å². The second-order valence-electron chi connectivity index (χ2n) is 8.62. The average Bonchev–Trinajstić information content (AvgIpc) is 2.82. The molecule has 2 heterocycles. The third-order valence-electron chi connectivity index (χ3n) is 6.14. The van der Waals surface area contributed by atoms with E-state index in [0.717, 1.165) is 28.3 Å². The summed E-state index contributed by atoms with van der Waals surface area (Å²) < 4.78 is 11.1. The first-order valence-electron chi connectivity index (χ1n) is 11.2. The first kappa shape index (κ1) is 22.0. The number of nitrogens with one attached hydrogen (secondary N) is 1. The van der Waals surface area contributed by atoms with Crippen molar-refractivity contribution in [3.63, 3.8) is 0 Å². The van der Waals surface area contributed by atoms with Gasteiger partial charge in [0.25, 0.3) is 0 Å². The lowest BCUT2D eigenvalue weighted by Gasteiger charge is -2.39. The summed E-state index contributed by atoms with van der Waals surface area (Å²) >= 11 is 0. The van der Waals surface area contributed by atoms with Crippen LogP contribution in [-0.2, 0) is 11.3 Å². The van der Waals surface area contributed by atoms with Crippen LogP contribution in [0.2, 0.25) is 0 Å². The van der Waals surface area contributed by atoms with E-state index in [1.54, 1.807) is 7.11 Å². The van der Waals surface area contributed by atoms with Crippen LogP contribution in [-0.4, -0.2) is 49.7 Å². The van der Waals surface area contributed by atoms with Crippen molar-refractivity contribution in [1.82, 2.24) is 10.2 Å². The minimum absolute atomic E-state index is 0.0118. The van der Waals surface area contributed by atoms with E-state index in [4.69, 9.17) is 9.47 Å². The molecule has 0 aromatic heterocycles. The summed E-state index contributed by atoms with van der Waals surface area (Å²) in [6.07, 6.45) is 1.26. The Morgan fingerprint density at radius 3 is 2.69 bits per heavy atom. The maximum atomic E-state index is 13.3. The number of aryl methyl sites for hydroxylation is 1. The molecule has 2 aliphatic heterocycles. The molecule has 170 valence electrons. The summed E-state index contributed by atoms with van der Waals surface area (Å²) in [6, 6.07) is 13.6. The molecule has 0 aliphatic carbocycles. The normalized spacial score (nSPS) is 18.5. The molecule has 7 nitrogen and oxygen atoms in total. The minimum atomic E-state index is -0.0807. The zero-order valence-electron chi connectivity index (χ0n) is 19.0. The van der Waals surface area contributed by atoms with Crippen molar-refractivity contribution < 1.29 is 19.1 Å². The van der Waals surface area contributed by atoms with E-state index >= 15 is 0 Å². The number of benzene rings is 2. The second-order valence-corrected chi connectivity index (χ2v) is 8.62. The highest BCUT2D eigenvalue weighted by Crippen LogP contribution is 2.35. The van der Waals surface area contributed by atoms with Gasteiger partial charge in [-0.1, -0.05) is 18.2 Å². The van der Waals surface area contributed by atoms with Gasteiger partial charge in [0.2, 0.25) is 5.91 Å². The van der Waals surface area contributed by atoms with E-state index in [1.807, 2.05) is 66.1 Å². The number of rotatable bonds is 4. The molecule has 1 fully saturated rings. The molecule has 0 saturated carbocycles. The summed E-state index contributed by atoms with van der Waals surface area (Å²) in [5.41, 5.74) is 2.91. The smallest absolute Gasteiger partial charge is 0.324 e. The molecule has 2 aromatic carbocycles. The number of nitrogens with zero attached hydrogens (tertiary/aromatic N) is 2. The van der Waals surface area contributed by atoms with Crippen molar-refractivity contribution in [2.45, 2.75) is 39.3 Å². The van der Waals surface area contributed by atoms with E-state index in [2.05, 4.69) is 5.32 Å². The van der Waals surface area contributed by atoms with Gasteiger partial charge in [0.15, 0.2) is 0 Å². The molecule has 1 saturated heterocycles. The molecule has 7 heteroatoms. The molecular weight excluding hydrogens is 406 g/mol. The molecular formula is C25H31N3O4. The van der Waals surface area contributed by atoms with Gasteiger partial charge in [-0.2, -0.15) is 0 Å². The van der Waals surface area contributed by atoms with Crippen LogP contribution >= 0.6 is 0 Å². The van der Waals surface area contributed by atoms with Crippen LogP contribution in [0.1, 0.15) is 30.9 Å². The highest BCUT2D eigenvalue weighted by atomic mass is 16.5. The number of hydrogen-bond donors (Lipinski definition) is 1. The number of fused-ring (bicyclic) bond motifs is 1. The minimum Gasteiger partial charge on any atom is -0.497 e. The van der Waals surface area contributed by atoms with Gasteiger partial charge >= 0.3 is 6.03 Å². The second kappa shape index (κ2) is 9.51. The van der Waals surface area contributed by atoms with E-state index in [9.17, 15) is 9.59 Å². The van der Waals surface area contributed by atoms with Gasteiger partial charge in [0.1, 0.15) is 17.6 Å². The zero-order valence-corrected chi connectivity index (χ0v) is 19.0. The summed E-state index contributed by atoms with van der Waals surface area (Å²) in [4.78, 5) is 29.7. The molecule has 0 bridgehead atoms. The molecule has 2 aromatic rings. The predicted octanol–water partition coefficient (Wildman–Crippen LogP) is 3.74. The van der Waals surface area contributed by atoms with Crippen molar-refractivity contribution in [2.24, 2.45) is 5.92 Å². The fraction of sp³-hybridized carbons (Fsp3) is 0.440. The van der Waals surface area contributed by atoms with Crippen LogP contribution in [0.3, 0.4) is 0 Å². The first-order valence-corrected chi connectivity index (χ1v) is 11.2. The topological polar surface area (TPSA) is 71.1 Å². The Balaban J connectivity index is 1.33. The number of ether oxygens (including phenoxy) is 2. The molecule has 0 spiro atoms. The lowest BCUT2D eigenvalue weighted by molar-refractivity contribution is -0.126. The van der Waals surface area contributed by atoms with E-state index in [0.29, 0.717) is 39.0 Å². The molecule has 4 rings (SSSR count). The molecule has 2 aliphatic rings. The first-order chi connectivity index (χ1) is 15.4. The molecule has 3 amide bonds. The predicted molar refractivity (Wildman–Crippen MR) is 123 cm³/mol. The largest absolute Gasteiger partial charge is 0.497 e. The van der Waals surface area contributed by atoms with Gasteiger partial charge < -0.3 is 19.7 Å². The van der Waals surface area contributed by atoms with Crippen LogP contribution in [0.15, 0.2) is 42.5 Å². The van der Waals surface area contributed by atoms with Crippen LogP contribution in [0, 0.1) is 12.8 Å². The standard InChI is InChI=1S/C25H31N3O4/c1-17-7-8-23-22(13-17)28(16-18(2)32-23)25(30)27-11-9-20(10-12-27)24(29)26-15-19-5-4-6-21(14-19)31-3/h4-8,13-14,18,20H,9-12,15-16H2,1-3H3,(H,26,29). The molecule has 1 unspecified atom stereocenters. The number of likely N-dealkylation sites (tertiary alicyclic amines) is 1. The van der Waals surface area contributed by atoms with Gasteiger partial charge in [0.05, 0.1) is 19.3 Å². The van der Waals surface area contributed by atoms with E-state index in [-0.39, 0.29) is 24.0 Å². The Morgan fingerprint density at radius 1 is 1.16 bits per heavy atom. The van der Waals surface area contributed by atoms with Crippen LogP contribution in [0.5, 0.6) is 11.5 Å². The maximum absolute atomic E-state index is 13.3. The van der Waals surface area contributed by atoms with Crippen molar-refractivity contribution >= 4 is 17.6 Å². The number of methoxy groups -OCH3 is 1. The summed E-state index contributed by atoms with van der Waals surface area (Å²) in [7, 11) is 1.63. The SMILES string of the molecule is COc1cccc(CNC(=O)C2CCN(C(=O)N3CC(C)Oc4ccc(C)cc43)CC2)c1. The van der Waals surface area contributed by atoms with Gasteiger partial charge in [0, 0.05) is 25.6 Å². The Kier molecular flexibility index (Phi) is 6.53. The number of urea groups is 1. The van der Waals surface area contributed by atoms with Crippen LogP contribution in [0.4, 0.5) is 10.5 Å². The Hall–Kier alpha value is -3.22. The number of amides is 3. The third-order valence-corrected chi connectivity index (χ3v) is 6.14. The van der Waals surface area contributed by atoms with Crippen molar-refractivity contribution in [2.75, 3.05) is 31.6 Å². The van der Waals surface area contributed by atoms with Crippen LogP contribution in [0.25, 0.3) is 0 Å². The summed E-state index contributed by atoms with van der Waals surface area (Å²) in [5.74, 6) is 1.48. The lowest BCUT2D eigenvalue weighted by atomic mass is 9.96. The van der Waals surface area contributed by atoms with Gasteiger partial charge in [-0.25, -0.2) is 4.79 Å². The summed E-state index contributed by atoms with van der Waals surface area (Å²) in [6.45, 7) is 6.12. The molecule has 1 N–H and O–H groups in total. The Morgan fingerprint density at radius 2 is 1.94 bits per heavy atom. The summed E-state index contributed by atoms with van der Waals surface area (Å²) in [5, 5.41) is 3.03. The van der Waals surface area contributed by atoms with Gasteiger partial charge in [-0.05, 0) is 62.1 Å². The van der Waals surface area contributed by atoms with Crippen molar-refractivity contribution in [3.05, 3.63) is 53.6 Å². The number of piperidine rings is 1. The van der Waals surface area contributed by atoms with E-state index in [1.165, 1.54) is 0 Å². The van der Waals surface area contributed by atoms with E-state index < -0.39 is 0 Å². The monoisotopic (exact) mass is 437 g/mol. The number of carbonyl (C=O) groups is 2. The third kappa shape index (κ3) is 4.82. The van der Waals surface area contributed by atoms with Crippen molar-refractivity contribution in [3.8, 4) is 11.5 Å². The Bertz CT molecular complexity index is 985. The maximum Gasteiger partial charge on any atom is 0.324 e. The average molecular weight is 438 g/mol. The lowest BCUT2D eigenvalue weighted by Crippen LogP contribution is -2.52.